The molecule has 0 bridgehead atoms. The quantitative estimate of drug-likeness (QED) is 0.908. The number of ether oxygens (including phenoxy) is 1. The van der Waals surface area contributed by atoms with E-state index in [1.807, 2.05) is 0 Å². The van der Waals surface area contributed by atoms with Crippen LogP contribution in [0.3, 0.4) is 0 Å². The molecule has 22 heavy (non-hydrogen) atoms. The number of hydrogen-bond donors (Lipinski definition) is 2. The van der Waals surface area contributed by atoms with Crippen molar-refractivity contribution in [3.8, 4) is 11.6 Å². The lowest BCUT2D eigenvalue weighted by Crippen LogP contribution is -2.19. The Kier molecular flexibility index (Phi) is 4.25. The first-order valence-corrected chi connectivity index (χ1v) is 6.12. The van der Waals surface area contributed by atoms with Crippen LogP contribution in [0.1, 0.15) is 5.56 Å². The zero-order valence-electron chi connectivity index (χ0n) is 11.4. The minimum absolute atomic E-state index is 0.0240. The third kappa shape index (κ3) is 3.68. The molecule has 1 heterocycles. The molecule has 0 spiro atoms. The Morgan fingerprint density at radius 1 is 1.36 bits per heavy atom. The van der Waals surface area contributed by atoms with Crippen molar-refractivity contribution >= 4 is 11.9 Å². The third-order valence-electron chi connectivity index (χ3n) is 2.68. The van der Waals surface area contributed by atoms with E-state index < -0.39 is 18.9 Å². The molecule has 1 aromatic heterocycles. The predicted molar refractivity (Wildman–Crippen MR) is 71.5 cm³/mol. The second kappa shape index (κ2) is 5.96. The number of carbonyl (C=O) groups is 1. The third-order valence-corrected chi connectivity index (χ3v) is 2.68. The van der Waals surface area contributed by atoms with Crippen molar-refractivity contribution in [2.24, 2.45) is 0 Å². The molecule has 0 radical (unpaired) electrons. The lowest BCUT2D eigenvalue weighted by molar-refractivity contribution is -0.154. The largest absolute Gasteiger partial charge is 0.467 e. The molecule has 6 nitrogen and oxygen atoms in total. The number of rotatable bonds is 4. The van der Waals surface area contributed by atoms with E-state index in [0.717, 1.165) is 0 Å². The van der Waals surface area contributed by atoms with Crippen molar-refractivity contribution in [2.45, 2.75) is 13.1 Å². The van der Waals surface area contributed by atoms with Crippen molar-refractivity contribution < 1.29 is 27.8 Å². The Hall–Kier alpha value is -2.71. The van der Waals surface area contributed by atoms with Crippen molar-refractivity contribution in [2.75, 3.05) is 11.9 Å². The highest BCUT2D eigenvalue weighted by Gasteiger charge is 2.30. The highest BCUT2D eigenvalue weighted by Crippen LogP contribution is 2.29. The number of amides is 1. The van der Waals surface area contributed by atoms with Gasteiger partial charge in [-0.2, -0.15) is 13.2 Å². The van der Waals surface area contributed by atoms with Crippen LogP contribution in [0.5, 0.6) is 5.88 Å². The van der Waals surface area contributed by atoms with Crippen LogP contribution in [0, 0.1) is 6.92 Å². The van der Waals surface area contributed by atoms with Gasteiger partial charge in [-0.25, -0.2) is 9.48 Å². The molecule has 0 saturated carbocycles. The van der Waals surface area contributed by atoms with E-state index in [9.17, 15) is 18.0 Å². The van der Waals surface area contributed by atoms with Gasteiger partial charge < -0.3 is 9.84 Å². The van der Waals surface area contributed by atoms with E-state index in [2.05, 4.69) is 15.2 Å². The molecule has 2 N–H and O–H groups in total. The number of nitrogens with zero attached hydrogens (tertiary/aromatic N) is 2. The zero-order valence-corrected chi connectivity index (χ0v) is 11.4. The summed E-state index contributed by atoms with van der Waals surface area (Å²) in [5.74, 6) is -0.263. The van der Waals surface area contributed by atoms with Crippen LogP contribution >= 0.6 is 0 Å². The van der Waals surface area contributed by atoms with Crippen LogP contribution in [-0.4, -0.2) is 33.8 Å². The normalized spacial score (nSPS) is 11.3. The smallest absolute Gasteiger partial charge is 0.422 e. The van der Waals surface area contributed by atoms with Gasteiger partial charge in [0.15, 0.2) is 6.61 Å². The van der Waals surface area contributed by atoms with E-state index in [1.54, 1.807) is 30.3 Å². The number of halogens is 3. The van der Waals surface area contributed by atoms with Crippen molar-refractivity contribution in [1.29, 1.82) is 0 Å². The van der Waals surface area contributed by atoms with Crippen LogP contribution in [0.15, 0.2) is 30.3 Å². The van der Waals surface area contributed by atoms with Crippen LogP contribution in [-0.2, 0) is 0 Å². The van der Waals surface area contributed by atoms with Crippen molar-refractivity contribution in [3.05, 3.63) is 35.9 Å². The Balaban J connectivity index is 2.41. The fourth-order valence-corrected chi connectivity index (χ4v) is 1.77. The van der Waals surface area contributed by atoms with E-state index in [0.29, 0.717) is 5.69 Å². The summed E-state index contributed by atoms with van der Waals surface area (Å²) in [5, 5.41) is 14.9. The molecule has 0 aliphatic heterocycles. The average Bonchev–Trinajstić information content (AvgIpc) is 2.74. The summed E-state index contributed by atoms with van der Waals surface area (Å²) < 4.78 is 42.5. The molecular weight excluding hydrogens is 303 g/mol. The van der Waals surface area contributed by atoms with E-state index in [4.69, 9.17) is 5.11 Å². The van der Waals surface area contributed by atoms with Gasteiger partial charge in [0.1, 0.15) is 5.82 Å². The Morgan fingerprint density at radius 3 is 2.55 bits per heavy atom. The van der Waals surface area contributed by atoms with Crippen LogP contribution in [0.25, 0.3) is 5.69 Å². The van der Waals surface area contributed by atoms with Crippen LogP contribution in [0.2, 0.25) is 0 Å². The molecule has 1 aromatic carbocycles. The van der Waals surface area contributed by atoms with E-state index in [-0.39, 0.29) is 17.3 Å². The van der Waals surface area contributed by atoms with Gasteiger partial charge in [0, 0.05) is 0 Å². The van der Waals surface area contributed by atoms with Gasteiger partial charge in [-0.15, -0.1) is 5.10 Å². The molecule has 0 saturated heterocycles. The Labute approximate surface area is 123 Å². The van der Waals surface area contributed by atoms with Crippen molar-refractivity contribution in [1.82, 2.24) is 9.78 Å². The first kappa shape index (κ1) is 15.7. The predicted octanol–water partition coefficient (Wildman–Crippen LogP) is 3.21. The monoisotopic (exact) mass is 315 g/mol. The fourth-order valence-electron chi connectivity index (χ4n) is 1.77. The van der Waals surface area contributed by atoms with Gasteiger partial charge in [0.05, 0.1) is 11.3 Å². The Morgan fingerprint density at radius 2 is 2.00 bits per heavy atom. The number of aromatic nitrogens is 2. The average molecular weight is 315 g/mol. The van der Waals surface area contributed by atoms with Gasteiger partial charge in [0.2, 0.25) is 5.88 Å². The topological polar surface area (TPSA) is 76.4 Å². The fraction of sp³-hybridized carbons (Fsp3) is 0.231. The summed E-state index contributed by atoms with van der Waals surface area (Å²) in [6.07, 6.45) is -5.87. The lowest BCUT2D eigenvalue weighted by Gasteiger charge is -2.07. The second-order valence-electron chi connectivity index (χ2n) is 4.36. The molecule has 0 atom stereocenters. The lowest BCUT2D eigenvalue weighted by atomic mass is 10.3. The molecule has 2 aromatic rings. The summed E-state index contributed by atoms with van der Waals surface area (Å²) in [6.45, 7) is -0.0877. The van der Waals surface area contributed by atoms with Gasteiger partial charge in [-0.3, -0.25) is 5.32 Å². The maximum Gasteiger partial charge on any atom is 0.422 e. The highest BCUT2D eigenvalue weighted by atomic mass is 19.4. The zero-order chi connectivity index (χ0) is 16.3. The number of hydrogen-bond acceptors (Lipinski definition) is 3. The van der Waals surface area contributed by atoms with Gasteiger partial charge in [-0.1, -0.05) is 18.2 Å². The summed E-state index contributed by atoms with van der Waals surface area (Å²) in [4.78, 5) is 10.9. The minimum Gasteiger partial charge on any atom is -0.467 e. The van der Waals surface area contributed by atoms with Crippen LogP contribution in [0.4, 0.5) is 23.8 Å². The summed E-state index contributed by atoms with van der Waals surface area (Å²) in [7, 11) is 0. The second-order valence-corrected chi connectivity index (χ2v) is 4.36. The van der Waals surface area contributed by atoms with E-state index >= 15 is 0 Å². The summed E-state index contributed by atoms with van der Waals surface area (Å²) in [6, 6.07) is 8.38. The standard InChI is InChI=1S/C13H12F3N3O3/c1-8-10(17-12(20)21)19(9-5-3-2-4-6-9)18-11(8)22-7-13(14,15)16/h2-6,17H,7H2,1H3,(H,20,21). The highest BCUT2D eigenvalue weighted by molar-refractivity contribution is 5.83. The first-order chi connectivity index (χ1) is 10.3. The van der Waals surface area contributed by atoms with Crippen LogP contribution < -0.4 is 10.1 Å². The number of benzene rings is 1. The SMILES string of the molecule is Cc1c(OCC(F)(F)F)nn(-c2ccccc2)c1NC(=O)O. The van der Waals surface area contributed by atoms with Crippen molar-refractivity contribution in [3.63, 3.8) is 0 Å². The number of alkyl halides is 3. The number of anilines is 1. The number of carboxylic acid groups (broad SMARTS) is 1. The minimum atomic E-state index is -4.51. The summed E-state index contributed by atoms with van der Waals surface area (Å²) >= 11 is 0. The maximum absolute atomic E-state index is 12.2. The molecule has 0 aliphatic rings. The molecule has 2 rings (SSSR count). The van der Waals surface area contributed by atoms with E-state index in [1.165, 1.54) is 11.6 Å². The maximum atomic E-state index is 12.2. The molecule has 1 amide bonds. The molecular formula is C13H12F3N3O3. The van der Waals surface area contributed by atoms with Gasteiger partial charge in [-0.05, 0) is 19.1 Å². The number of para-hydroxylation sites is 1. The van der Waals surface area contributed by atoms with Gasteiger partial charge in [0.25, 0.3) is 0 Å². The first-order valence-electron chi connectivity index (χ1n) is 6.12. The molecule has 0 fully saturated rings. The molecule has 0 unspecified atom stereocenters. The molecule has 0 aliphatic carbocycles. The number of nitrogens with one attached hydrogen (secondary N) is 1. The Bertz CT molecular complexity index is 668. The molecule has 118 valence electrons. The van der Waals surface area contributed by atoms with Gasteiger partial charge >= 0.3 is 12.3 Å². The molecule has 9 heteroatoms. The summed E-state index contributed by atoms with van der Waals surface area (Å²) in [5.41, 5.74) is 0.645.